The molecule has 1 amide bonds. The molecule has 0 saturated carbocycles. The molecule has 2 N–H and O–H groups in total. The molecule has 1 aromatic carbocycles. The molecule has 30 heavy (non-hydrogen) atoms. The summed E-state index contributed by atoms with van der Waals surface area (Å²) in [6.45, 7) is 7.07. The summed E-state index contributed by atoms with van der Waals surface area (Å²) in [4.78, 5) is 18.1. The molecule has 2 aromatic rings. The van der Waals surface area contributed by atoms with Crippen LogP contribution >= 0.6 is 0 Å². The third kappa shape index (κ3) is 5.84. The maximum atomic E-state index is 11.9. The number of hydrogen-bond acceptors (Lipinski definition) is 4. The van der Waals surface area contributed by atoms with Crippen LogP contribution in [0.25, 0.3) is 0 Å². The SMILES string of the molecule is CCC(CC)c1cc(CNC(=NC)NCc2cccc(CN3CCCC3=O)c2)on1. The molecule has 0 radical (unpaired) electrons. The highest BCUT2D eigenvalue weighted by atomic mass is 16.5. The minimum Gasteiger partial charge on any atom is -0.359 e. The molecule has 2 heterocycles. The molecular formula is C23H33N5O2. The molecule has 162 valence electrons. The number of aliphatic imine (C=N–C) groups is 1. The van der Waals surface area contributed by atoms with E-state index in [2.05, 4.69) is 52.8 Å². The zero-order chi connectivity index (χ0) is 21.3. The molecule has 0 unspecified atom stereocenters. The Bertz CT molecular complexity index is 857. The second-order valence-corrected chi connectivity index (χ2v) is 7.75. The van der Waals surface area contributed by atoms with Crippen LogP contribution in [0, 0.1) is 0 Å². The van der Waals surface area contributed by atoms with Gasteiger partial charge in [0.2, 0.25) is 5.91 Å². The number of carbonyl (C=O) groups is 1. The highest BCUT2D eigenvalue weighted by Gasteiger charge is 2.20. The van der Waals surface area contributed by atoms with Crippen LogP contribution in [0.5, 0.6) is 0 Å². The Labute approximate surface area is 178 Å². The van der Waals surface area contributed by atoms with Crippen molar-refractivity contribution in [1.29, 1.82) is 0 Å². The van der Waals surface area contributed by atoms with Crippen LogP contribution in [-0.4, -0.2) is 35.5 Å². The number of guanidine groups is 1. The van der Waals surface area contributed by atoms with Gasteiger partial charge in [-0.25, -0.2) is 0 Å². The van der Waals surface area contributed by atoms with Crippen molar-refractivity contribution in [3.63, 3.8) is 0 Å². The van der Waals surface area contributed by atoms with Gasteiger partial charge in [-0.1, -0.05) is 43.3 Å². The lowest BCUT2D eigenvalue weighted by Crippen LogP contribution is -2.36. The summed E-state index contributed by atoms with van der Waals surface area (Å²) >= 11 is 0. The van der Waals surface area contributed by atoms with E-state index in [-0.39, 0.29) is 5.91 Å². The van der Waals surface area contributed by atoms with Gasteiger partial charge in [0.15, 0.2) is 11.7 Å². The summed E-state index contributed by atoms with van der Waals surface area (Å²) in [7, 11) is 1.75. The first kappa shape index (κ1) is 21.9. The molecule has 3 rings (SSSR count). The summed E-state index contributed by atoms with van der Waals surface area (Å²) in [5.41, 5.74) is 3.33. The zero-order valence-electron chi connectivity index (χ0n) is 18.3. The van der Waals surface area contributed by atoms with Gasteiger partial charge in [-0.05, 0) is 30.4 Å². The van der Waals surface area contributed by atoms with E-state index in [4.69, 9.17) is 4.52 Å². The average molecular weight is 412 g/mol. The Morgan fingerprint density at radius 3 is 2.67 bits per heavy atom. The van der Waals surface area contributed by atoms with Gasteiger partial charge < -0.3 is 20.1 Å². The smallest absolute Gasteiger partial charge is 0.222 e. The van der Waals surface area contributed by atoms with Gasteiger partial charge in [0.25, 0.3) is 0 Å². The Morgan fingerprint density at radius 1 is 1.20 bits per heavy atom. The van der Waals surface area contributed by atoms with Gasteiger partial charge >= 0.3 is 0 Å². The number of aromatic nitrogens is 1. The first-order valence-electron chi connectivity index (χ1n) is 10.9. The maximum Gasteiger partial charge on any atom is 0.222 e. The molecule has 7 nitrogen and oxygen atoms in total. The summed E-state index contributed by atoms with van der Waals surface area (Å²) in [5.74, 6) is 2.21. The van der Waals surface area contributed by atoms with Crippen molar-refractivity contribution < 1.29 is 9.32 Å². The topological polar surface area (TPSA) is 82.8 Å². The van der Waals surface area contributed by atoms with Crippen molar-refractivity contribution in [3.8, 4) is 0 Å². The molecule has 0 aliphatic carbocycles. The van der Waals surface area contributed by atoms with Gasteiger partial charge in [-0.3, -0.25) is 9.79 Å². The van der Waals surface area contributed by atoms with Crippen LogP contribution in [0.4, 0.5) is 0 Å². The van der Waals surface area contributed by atoms with Gasteiger partial charge in [0, 0.05) is 45.1 Å². The molecule has 1 aliphatic heterocycles. The Balaban J connectivity index is 1.49. The van der Waals surface area contributed by atoms with Crippen LogP contribution in [0.15, 0.2) is 39.8 Å². The molecular weight excluding hydrogens is 378 g/mol. The summed E-state index contributed by atoms with van der Waals surface area (Å²) < 4.78 is 5.47. The standard InChI is InChI=1S/C23H33N5O2/c1-4-19(5-2)21-13-20(30-27-21)15-26-23(24-3)25-14-17-8-6-9-18(12-17)16-28-11-7-10-22(28)29/h6,8-9,12-13,19H,4-5,7,10-11,14-16H2,1-3H3,(H2,24,25,26). The number of likely N-dealkylation sites (tertiary alicyclic amines) is 1. The summed E-state index contributed by atoms with van der Waals surface area (Å²) in [6, 6.07) is 10.4. The largest absolute Gasteiger partial charge is 0.359 e. The van der Waals surface area contributed by atoms with Gasteiger partial charge in [-0.2, -0.15) is 0 Å². The average Bonchev–Trinajstić information content (AvgIpc) is 3.39. The number of nitrogens with one attached hydrogen (secondary N) is 2. The Hall–Kier alpha value is -2.83. The highest BCUT2D eigenvalue weighted by Crippen LogP contribution is 2.22. The van der Waals surface area contributed by atoms with Crippen LogP contribution in [0.1, 0.15) is 68.0 Å². The first-order valence-corrected chi connectivity index (χ1v) is 10.9. The van der Waals surface area contributed by atoms with Crippen molar-refractivity contribution in [3.05, 3.63) is 52.9 Å². The fourth-order valence-corrected chi connectivity index (χ4v) is 3.82. The number of hydrogen-bond donors (Lipinski definition) is 2. The van der Waals surface area contributed by atoms with E-state index < -0.39 is 0 Å². The third-order valence-electron chi connectivity index (χ3n) is 5.63. The van der Waals surface area contributed by atoms with Crippen LogP contribution in [0.2, 0.25) is 0 Å². The molecule has 1 aliphatic rings. The predicted molar refractivity (Wildman–Crippen MR) is 118 cm³/mol. The second kappa shape index (κ2) is 10.8. The van der Waals surface area contributed by atoms with Crippen LogP contribution in [-0.2, 0) is 24.4 Å². The number of amides is 1. The lowest BCUT2D eigenvalue weighted by molar-refractivity contribution is -0.128. The van der Waals surface area contributed by atoms with Crippen molar-refractivity contribution in [1.82, 2.24) is 20.7 Å². The van der Waals surface area contributed by atoms with Gasteiger partial charge in [-0.15, -0.1) is 0 Å². The van der Waals surface area contributed by atoms with Crippen molar-refractivity contribution >= 4 is 11.9 Å². The number of benzene rings is 1. The Kier molecular flexibility index (Phi) is 7.88. The van der Waals surface area contributed by atoms with E-state index in [1.165, 1.54) is 0 Å². The van der Waals surface area contributed by atoms with Crippen molar-refractivity contribution in [2.75, 3.05) is 13.6 Å². The third-order valence-corrected chi connectivity index (χ3v) is 5.63. The molecule has 1 fully saturated rings. The molecule has 0 atom stereocenters. The number of rotatable bonds is 9. The first-order chi connectivity index (χ1) is 14.6. The van der Waals surface area contributed by atoms with Crippen LogP contribution < -0.4 is 10.6 Å². The summed E-state index contributed by atoms with van der Waals surface area (Å²) in [6.07, 6.45) is 3.76. The monoisotopic (exact) mass is 411 g/mol. The lowest BCUT2D eigenvalue weighted by atomic mass is 9.99. The zero-order valence-corrected chi connectivity index (χ0v) is 18.3. The minimum absolute atomic E-state index is 0.253. The van der Waals surface area contributed by atoms with E-state index in [0.29, 0.717) is 37.9 Å². The molecule has 1 saturated heterocycles. The summed E-state index contributed by atoms with van der Waals surface area (Å²) in [5, 5.41) is 10.8. The fraction of sp³-hybridized carbons (Fsp3) is 0.522. The quantitative estimate of drug-likeness (QED) is 0.487. The van der Waals surface area contributed by atoms with Crippen molar-refractivity contribution in [2.24, 2.45) is 4.99 Å². The van der Waals surface area contributed by atoms with E-state index >= 15 is 0 Å². The highest BCUT2D eigenvalue weighted by molar-refractivity contribution is 5.79. The predicted octanol–water partition coefficient (Wildman–Crippen LogP) is 3.57. The Morgan fingerprint density at radius 2 is 1.97 bits per heavy atom. The van der Waals surface area contributed by atoms with Gasteiger partial charge in [0.1, 0.15) is 0 Å². The van der Waals surface area contributed by atoms with E-state index in [1.807, 2.05) is 17.0 Å². The fourth-order valence-electron chi connectivity index (χ4n) is 3.82. The minimum atomic E-state index is 0.253. The van der Waals surface area contributed by atoms with E-state index in [9.17, 15) is 4.79 Å². The molecule has 7 heteroatoms. The van der Waals surface area contributed by atoms with E-state index in [0.717, 1.165) is 48.4 Å². The maximum absolute atomic E-state index is 11.9. The number of carbonyl (C=O) groups excluding carboxylic acids is 1. The van der Waals surface area contributed by atoms with Crippen LogP contribution in [0.3, 0.4) is 0 Å². The van der Waals surface area contributed by atoms with Crippen molar-refractivity contribution in [2.45, 2.75) is 65.1 Å². The second-order valence-electron chi connectivity index (χ2n) is 7.75. The normalized spacial score (nSPS) is 14.6. The number of nitrogens with zero attached hydrogens (tertiary/aromatic N) is 3. The van der Waals surface area contributed by atoms with E-state index in [1.54, 1.807) is 7.05 Å². The van der Waals surface area contributed by atoms with Gasteiger partial charge in [0.05, 0.1) is 12.2 Å². The molecule has 0 bridgehead atoms. The molecule has 1 aromatic heterocycles. The molecule has 0 spiro atoms. The lowest BCUT2D eigenvalue weighted by Gasteiger charge is -2.16.